The van der Waals surface area contributed by atoms with Crippen LogP contribution in [-0.2, 0) is 6.42 Å². The number of piperidine rings is 1. The smallest absolute Gasteiger partial charge is 0.0326 e. The standard InChI is InChI=1S/C17H27N3/c18-15-6-7-16-14(13-15)5-8-17(16)19-9-4-12-20-10-2-1-3-11-20/h6-7,13,17,19H,1-5,8-12,18H2. The molecule has 0 saturated carbocycles. The van der Waals surface area contributed by atoms with Crippen LogP contribution in [0.3, 0.4) is 0 Å². The van der Waals surface area contributed by atoms with E-state index < -0.39 is 0 Å². The second kappa shape index (κ2) is 6.59. The molecule has 20 heavy (non-hydrogen) atoms. The highest BCUT2D eigenvalue weighted by molar-refractivity contribution is 5.47. The Morgan fingerprint density at radius 1 is 1.20 bits per heavy atom. The van der Waals surface area contributed by atoms with Crippen molar-refractivity contribution in [3.63, 3.8) is 0 Å². The number of likely N-dealkylation sites (tertiary alicyclic amines) is 1. The molecule has 3 N–H and O–H groups in total. The highest BCUT2D eigenvalue weighted by Gasteiger charge is 2.21. The summed E-state index contributed by atoms with van der Waals surface area (Å²) in [6.07, 6.45) is 7.87. The summed E-state index contributed by atoms with van der Waals surface area (Å²) in [7, 11) is 0. The van der Waals surface area contributed by atoms with Crippen molar-refractivity contribution in [2.45, 2.75) is 44.6 Å². The van der Waals surface area contributed by atoms with Crippen LogP contribution in [0.1, 0.15) is 49.3 Å². The zero-order valence-electron chi connectivity index (χ0n) is 12.4. The summed E-state index contributed by atoms with van der Waals surface area (Å²) in [5.74, 6) is 0. The van der Waals surface area contributed by atoms with Crippen molar-refractivity contribution in [2.75, 3.05) is 31.9 Å². The summed E-state index contributed by atoms with van der Waals surface area (Å²) in [6, 6.07) is 6.93. The third-order valence-corrected chi connectivity index (χ3v) is 4.74. The monoisotopic (exact) mass is 273 g/mol. The summed E-state index contributed by atoms with van der Waals surface area (Å²) in [6.45, 7) is 5.01. The molecule has 0 spiro atoms. The molecule has 1 fully saturated rings. The van der Waals surface area contributed by atoms with Crippen molar-refractivity contribution in [1.29, 1.82) is 0 Å². The number of nitrogens with one attached hydrogen (secondary N) is 1. The van der Waals surface area contributed by atoms with Crippen LogP contribution in [0.4, 0.5) is 5.69 Å². The summed E-state index contributed by atoms with van der Waals surface area (Å²) < 4.78 is 0. The maximum atomic E-state index is 5.85. The molecule has 1 aromatic carbocycles. The first kappa shape index (κ1) is 13.9. The largest absolute Gasteiger partial charge is 0.399 e. The van der Waals surface area contributed by atoms with Gasteiger partial charge in [0.05, 0.1) is 0 Å². The molecular formula is C17H27N3. The topological polar surface area (TPSA) is 41.3 Å². The third kappa shape index (κ3) is 3.33. The van der Waals surface area contributed by atoms with E-state index in [-0.39, 0.29) is 0 Å². The molecule has 110 valence electrons. The second-order valence-electron chi connectivity index (χ2n) is 6.26. The summed E-state index contributed by atoms with van der Waals surface area (Å²) in [5.41, 5.74) is 9.66. The van der Waals surface area contributed by atoms with E-state index in [2.05, 4.69) is 22.3 Å². The van der Waals surface area contributed by atoms with E-state index in [0.29, 0.717) is 6.04 Å². The van der Waals surface area contributed by atoms with E-state index >= 15 is 0 Å². The van der Waals surface area contributed by atoms with Crippen LogP contribution in [0.2, 0.25) is 0 Å². The summed E-state index contributed by atoms with van der Waals surface area (Å²) in [5, 5.41) is 3.73. The fraction of sp³-hybridized carbons (Fsp3) is 0.647. The highest BCUT2D eigenvalue weighted by Crippen LogP contribution is 2.32. The Balaban J connectivity index is 1.41. The van der Waals surface area contributed by atoms with Crippen LogP contribution in [0.25, 0.3) is 0 Å². The van der Waals surface area contributed by atoms with Gasteiger partial charge in [0.2, 0.25) is 0 Å². The zero-order valence-corrected chi connectivity index (χ0v) is 12.4. The predicted octanol–water partition coefficient (Wildman–Crippen LogP) is 2.72. The molecule has 0 amide bonds. The van der Waals surface area contributed by atoms with Gasteiger partial charge in [-0.15, -0.1) is 0 Å². The Kier molecular flexibility index (Phi) is 4.58. The number of aryl methyl sites for hydroxylation is 1. The van der Waals surface area contributed by atoms with E-state index in [1.54, 1.807) is 0 Å². The molecule has 1 unspecified atom stereocenters. The molecule has 1 aromatic rings. The molecule has 0 radical (unpaired) electrons. The van der Waals surface area contributed by atoms with Gasteiger partial charge in [0.25, 0.3) is 0 Å². The number of anilines is 1. The van der Waals surface area contributed by atoms with Crippen molar-refractivity contribution in [2.24, 2.45) is 0 Å². The molecule has 3 rings (SSSR count). The van der Waals surface area contributed by atoms with E-state index in [4.69, 9.17) is 5.73 Å². The van der Waals surface area contributed by atoms with Crippen LogP contribution in [0, 0.1) is 0 Å². The van der Waals surface area contributed by atoms with Crippen molar-refractivity contribution in [3.8, 4) is 0 Å². The average molecular weight is 273 g/mol. The van der Waals surface area contributed by atoms with Crippen LogP contribution in [0.15, 0.2) is 18.2 Å². The minimum atomic E-state index is 0.548. The van der Waals surface area contributed by atoms with Gasteiger partial charge in [-0.25, -0.2) is 0 Å². The lowest BCUT2D eigenvalue weighted by Crippen LogP contribution is -2.32. The number of benzene rings is 1. The Bertz CT molecular complexity index is 438. The first-order valence-corrected chi connectivity index (χ1v) is 8.17. The Hall–Kier alpha value is -1.06. The molecule has 1 atom stereocenters. The molecule has 1 aliphatic heterocycles. The molecule has 1 heterocycles. The SMILES string of the molecule is Nc1ccc2c(c1)CCC2NCCCN1CCCCC1. The number of nitrogens with two attached hydrogens (primary N) is 1. The molecule has 3 heteroatoms. The number of nitrogen functional groups attached to an aromatic ring is 1. The summed E-state index contributed by atoms with van der Waals surface area (Å²) in [4.78, 5) is 2.62. The van der Waals surface area contributed by atoms with Crippen molar-refractivity contribution in [3.05, 3.63) is 29.3 Å². The Morgan fingerprint density at radius 3 is 2.90 bits per heavy atom. The quantitative estimate of drug-likeness (QED) is 0.640. The van der Waals surface area contributed by atoms with Crippen molar-refractivity contribution >= 4 is 5.69 Å². The molecule has 1 aliphatic carbocycles. The van der Waals surface area contributed by atoms with E-state index in [0.717, 1.165) is 12.2 Å². The Labute approximate surface area is 122 Å². The minimum Gasteiger partial charge on any atom is -0.399 e. The third-order valence-electron chi connectivity index (χ3n) is 4.74. The van der Waals surface area contributed by atoms with Gasteiger partial charge in [-0.05, 0) is 81.5 Å². The fourth-order valence-electron chi connectivity index (χ4n) is 3.61. The normalized spacial score (nSPS) is 22.9. The van der Waals surface area contributed by atoms with Gasteiger partial charge in [-0.1, -0.05) is 12.5 Å². The minimum absolute atomic E-state index is 0.548. The first-order valence-electron chi connectivity index (χ1n) is 8.17. The van der Waals surface area contributed by atoms with Gasteiger partial charge in [0.15, 0.2) is 0 Å². The molecular weight excluding hydrogens is 246 g/mol. The predicted molar refractivity (Wildman–Crippen MR) is 84.8 cm³/mol. The molecule has 2 aliphatic rings. The highest BCUT2D eigenvalue weighted by atomic mass is 15.1. The van der Waals surface area contributed by atoms with Crippen LogP contribution in [0.5, 0.6) is 0 Å². The summed E-state index contributed by atoms with van der Waals surface area (Å²) >= 11 is 0. The van der Waals surface area contributed by atoms with E-state index in [1.165, 1.54) is 69.3 Å². The first-order chi connectivity index (χ1) is 9.83. The lowest BCUT2D eigenvalue weighted by atomic mass is 10.1. The second-order valence-corrected chi connectivity index (χ2v) is 6.26. The Morgan fingerprint density at radius 2 is 2.05 bits per heavy atom. The van der Waals surface area contributed by atoms with E-state index in [1.807, 2.05) is 6.07 Å². The average Bonchev–Trinajstić information content (AvgIpc) is 2.87. The number of hydrogen-bond acceptors (Lipinski definition) is 3. The molecule has 1 saturated heterocycles. The maximum absolute atomic E-state index is 5.85. The van der Waals surface area contributed by atoms with Gasteiger partial charge in [-0.3, -0.25) is 0 Å². The molecule has 0 bridgehead atoms. The molecule has 3 nitrogen and oxygen atoms in total. The van der Waals surface area contributed by atoms with E-state index in [9.17, 15) is 0 Å². The van der Waals surface area contributed by atoms with Gasteiger partial charge in [0.1, 0.15) is 0 Å². The zero-order chi connectivity index (χ0) is 13.8. The van der Waals surface area contributed by atoms with Gasteiger partial charge in [-0.2, -0.15) is 0 Å². The van der Waals surface area contributed by atoms with Crippen LogP contribution < -0.4 is 11.1 Å². The number of hydrogen-bond donors (Lipinski definition) is 2. The van der Waals surface area contributed by atoms with Gasteiger partial charge >= 0.3 is 0 Å². The van der Waals surface area contributed by atoms with Crippen molar-refractivity contribution in [1.82, 2.24) is 10.2 Å². The number of fused-ring (bicyclic) bond motifs is 1. The van der Waals surface area contributed by atoms with Gasteiger partial charge < -0.3 is 16.0 Å². The lowest BCUT2D eigenvalue weighted by Gasteiger charge is -2.26. The number of nitrogens with zero attached hydrogens (tertiary/aromatic N) is 1. The molecule has 0 aromatic heterocycles. The maximum Gasteiger partial charge on any atom is 0.0326 e. The van der Waals surface area contributed by atoms with Gasteiger partial charge in [0, 0.05) is 11.7 Å². The van der Waals surface area contributed by atoms with Crippen molar-refractivity contribution < 1.29 is 0 Å². The number of rotatable bonds is 5. The van der Waals surface area contributed by atoms with Crippen LogP contribution >= 0.6 is 0 Å². The fourth-order valence-corrected chi connectivity index (χ4v) is 3.61. The van der Waals surface area contributed by atoms with Crippen LogP contribution in [-0.4, -0.2) is 31.1 Å². The lowest BCUT2D eigenvalue weighted by molar-refractivity contribution is 0.225.